The van der Waals surface area contributed by atoms with Crippen LogP contribution in [0.4, 0.5) is 14.5 Å². The number of amides is 2. The normalized spacial score (nSPS) is 15.0. The van der Waals surface area contributed by atoms with Crippen molar-refractivity contribution in [2.24, 2.45) is 0 Å². The number of hydrogen-bond acceptors (Lipinski definition) is 4. The zero-order chi connectivity index (χ0) is 27.2. The van der Waals surface area contributed by atoms with Crippen LogP contribution in [0.25, 0.3) is 0 Å². The number of anilines is 1. The van der Waals surface area contributed by atoms with E-state index in [0.717, 1.165) is 46.4 Å². The van der Waals surface area contributed by atoms with Crippen molar-refractivity contribution in [2.45, 2.75) is 57.7 Å². The Morgan fingerprint density at radius 3 is 2.03 bits per heavy atom. The Hall–Kier alpha value is -3.05. The van der Waals surface area contributed by atoms with Gasteiger partial charge in [0.1, 0.15) is 24.2 Å². The van der Waals surface area contributed by atoms with Crippen LogP contribution in [0.15, 0.2) is 48.5 Å². The summed E-state index contributed by atoms with van der Waals surface area (Å²) in [6.07, 6.45) is 4.08. The van der Waals surface area contributed by atoms with Crippen molar-refractivity contribution in [3.8, 4) is 0 Å². The molecule has 3 rings (SSSR count). The molecule has 1 atom stereocenters. The number of rotatable bonds is 11. The van der Waals surface area contributed by atoms with Gasteiger partial charge < -0.3 is 10.2 Å². The van der Waals surface area contributed by atoms with Crippen molar-refractivity contribution < 1.29 is 26.8 Å². The topological polar surface area (TPSA) is 90.0 Å². The average Bonchev–Trinajstić information content (AvgIpc) is 3.37. The lowest BCUT2D eigenvalue weighted by Gasteiger charge is -2.34. The molecule has 0 aliphatic heterocycles. The largest absolute Gasteiger partial charge is 0.352 e. The summed E-state index contributed by atoms with van der Waals surface area (Å²) in [6, 6.07) is 9.51. The van der Waals surface area contributed by atoms with Gasteiger partial charge >= 0.3 is 10.2 Å². The van der Waals surface area contributed by atoms with Crippen LogP contribution in [-0.4, -0.2) is 62.2 Å². The summed E-state index contributed by atoms with van der Waals surface area (Å²) in [6.45, 7) is 1.15. The van der Waals surface area contributed by atoms with E-state index in [-0.39, 0.29) is 24.2 Å². The van der Waals surface area contributed by atoms with Crippen molar-refractivity contribution in [3.63, 3.8) is 0 Å². The maximum atomic E-state index is 13.7. The van der Waals surface area contributed by atoms with Crippen LogP contribution >= 0.6 is 0 Å². The lowest BCUT2D eigenvalue weighted by atomic mass is 10.1. The van der Waals surface area contributed by atoms with Gasteiger partial charge in [-0.3, -0.25) is 9.59 Å². The summed E-state index contributed by atoms with van der Waals surface area (Å²) >= 11 is 0. The molecule has 2 aromatic carbocycles. The van der Waals surface area contributed by atoms with Crippen molar-refractivity contribution in [2.75, 3.05) is 24.9 Å². The number of benzene rings is 2. The highest BCUT2D eigenvalue weighted by molar-refractivity contribution is 7.90. The highest BCUT2D eigenvalue weighted by Crippen LogP contribution is 2.23. The van der Waals surface area contributed by atoms with E-state index in [1.807, 2.05) is 0 Å². The number of carbonyl (C=O) groups excluding carboxylic acids is 2. The van der Waals surface area contributed by atoms with Gasteiger partial charge in [-0.25, -0.2) is 13.1 Å². The summed E-state index contributed by atoms with van der Waals surface area (Å²) in [7, 11) is -1.48. The van der Waals surface area contributed by atoms with Crippen molar-refractivity contribution >= 4 is 27.7 Å². The molecule has 2 aromatic rings. The lowest BCUT2D eigenvalue weighted by Crippen LogP contribution is -2.54. The predicted molar refractivity (Wildman–Crippen MR) is 138 cm³/mol. The van der Waals surface area contributed by atoms with E-state index < -0.39 is 40.3 Å². The number of nitrogens with zero attached hydrogens (tertiary/aromatic N) is 3. The minimum atomic E-state index is -4.14. The monoisotopic (exact) mass is 536 g/mol. The molecule has 0 spiro atoms. The molecule has 0 radical (unpaired) electrons. The fourth-order valence-electron chi connectivity index (χ4n) is 4.40. The van der Waals surface area contributed by atoms with Crippen LogP contribution < -0.4 is 9.62 Å². The van der Waals surface area contributed by atoms with E-state index in [4.69, 9.17) is 0 Å². The zero-order valence-corrected chi connectivity index (χ0v) is 22.2. The molecule has 0 saturated heterocycles. The third-order valence-electron chi connectivity index (χ3n) is 6.49. The number of hydrogen-bond donors (Lipinski definition) is 1. The minimum absolute atomic E-state index is 0.0189. The van der Waals surface area contributed by atoms with Gasteiger partial charge in [0, 0.05) is 26.7 Å². The number of carbonyl (C=O) groups is 2. The molecule has 1 aliphatic carbocycles. The van der Waals surface area contributed by atoms with Gasteiger partial charge in [-0.2, -0.15) is 12.7 Å². The van der Waals surface area contributed by atoms with Crippen LogP contribution in [0.5, 0.6) is 0 Å². The van der Waals surface area contributed by atoms with Crippen molar-refractivity contribution in [1.82, 2.24) is 14.5 Å². The second kappa shape index (κ2) is 12.5. The number of halogens is 2. The highest BCUT2D eigenvalue weighted by atomic mass is 32.2. The molecule has 1 N–H and O–H groups in total. The third-order valence-corrected chi connectivity index (χ3v) is 8.31. The molecule has 11 heteroatoms. The van der Waals surface area contributed by atoms with Gasteiger partial charge in [-0.15, -0.1) is 0 Å². The molecular formula is C26H34F2N4O4S. The molecule has 0 bridgehead atoms. The Balaban J connectivity index is 1.95. The van der Waals surface area contributed by atoms with Crippen molar-refractivity contribution in [3.05, 3.63) is 65.7 Å². The molecular weight excluding hydrogens is 502 g/mol. The molecule has 0 aromatic heterocycles. The quantitative estimate of drug-likeness (QED) is 0.477. The van der Waals surface area contributed by atoms with E-state index in [0.29, 0.717) is 12.0 Å². The molecule has 0 heterocycles. The SMILES string of the molecule is CC[C@H](C(=O)NC1CCCC1)N(Cc1ccc(F)cc1)C(=O)CN(c1ccc(F)cc1)S(=O)(=O)N(C)C. The Morgan fingerprint density at radius 1 is 0.973 bits per heavy atom. The summed E-state index contributed by atoms with van der Waals surface area (Å²) in [5.74, 6) is -1.92. The fraction of sp³-hybridized carbons (Fsp3) is 0.462. The van der Waals surface area contributed by atoms with E-state index in [2.05, 4.69) is 5.32 Å². The maximum absolute atomic E-state index is 13.7. The fourth-order valence-corrected chi connectivity index (χ4v) is 5.45. The van der Waals surface area contributed by atoms with Crippen molar-refractivity contribution in [1.29, 1.82) is 0 Å². The molecule has 37 heavy (non-hydrogen) atoms. The van der Waals surface area contributed by atoms with Gasteiger partial charge in [0.2, 0.25) is 11.8 Å². The standard InChI is InChI=1S/C26H34F2N4O4S/c1-4-24(26(34)29-22-7-5-6-8-22)31(17-19-9-11-20(27)12-10-19)25(33)18-32(37(35,36)30(2)3)23-15-13-21(28)14-16-23/h9-16,22,24H,4-8,17-18H2,1-3H3,(H,29,34)/t24-/m1/s1. The average molecular weight is 537 g/mol. The first-order chi connectivity index (χ1) is 17.5. The van der Waals surface area contributed by atoms with Crippen LogP contribution in [0.2, 0.25) is 0 Å². The van der Waals surface area contributed by atoms with E-state index >= 15 is 0 Å². The summed E-state index contributed by atoms with van der Waals surface area (Å²) in [5, 5.41) is 3.03. The van der Waals surface area contributed by atoms with Crippen LogP contribution in [0.1, 0.15) is 44.6 Å². The lowest BCUT2D eigenvalue weighted by molar-refractivity contribution is -0.140. The van der Waals surface area contributed by atoms with Crippen LogP contribution in [0, 0.1) is 11.6 Å². The smallest absolute Gasteiger partial charge is 0.304 e. The highest BCUT2D eigenvalue weighted by Gasteiger charge is 2.34. The molecule has 202 valence electrons. The molecule has 8 nitrogen and oxygen atoms in total. The van der Waals surface area contributed by atoms with E-state index in [1.165, 1.54) is 55.4 Å². The predicted octanol–water partition coefficient (Wildman–Crippen LogP) is 3.44. The Labute approximate surface area is 217 Å². The maximum Gasteiger partial charge on any atom is 0.304 e. The van der Waals surface area contributed by atoms with Gasteiger partial charge in [0.25, 0.3) is 0 Å². The minimum Gasteiger partial charge on any atom is -0.352 e. The van der Waals surface area contributed by atoms with Crippen LogP contribution in [0.3, 0.4) is 0 Å². The first-order valence-corrected chi connectivity index (χ1v) is 13.7. The van der Waals surface area contributed by atoms with Gasteiger partial charge in [-0.05, 0) is 61.2 Å². The Morgan fingerprint density at radius 2 is 1.51 bits per heavy atom. The third kappa shape index (κ3) is 7.26. The molecule has 1 saturated carbocycles. The second-order valence-corrected chi connectivity index (χ2v) is 11.4. The van der Waals surface area contributed by atoms with E-state index in [1.54, 1.807) is 6.92 Å². The van der Waals surface area contributed by atoms with Gasteiger partial charge in [0.15, 0.2) is 0 Å². The Bertz CT molecular complexity index is 1170. The summed E-state index contributed by atoms with van der Waals surface area (Å²) in [4.78, 5) is 28.4. The molecule has 2 amide bonds. The van der Waals surface area contributed by atoms with E-state index in [9.17, 15) is 26.8 Å². The first-order valence-electron chi connectivity index (χ1n) is 12.3. The zero-order valence-electron chi connectivity index (χ0n) is 21.4. The van der Waals surface area contributed by atoms with Gasteiger partial charge in [0.05, 0.1) is 5.69 Å². The first kappa shape index (κ1) is 28.5. The summed E-state index contributed by atoms with van der Waals surface area (Å²) < 4.78 is 55.2. The van der Waals surface area contributed by atoms with Crippen LogP contribution in [-0.2, 0) is 26.3 Å². The van der Waals surface area contributed by atoms with Gasteiger partial charge in [-0.1, -0.05) is 31.9 Å². The number of nitrogens with one attached hydrogen (secondary N) is 1. The molecule has 1 aliphatic rings. The Kier molecular flexibility index (Phi) is 9.61. The molecule has 0 unspecified atom stereocenters. The summed E-state index contributed by atoms with van der Waals surface area (Å²) in [5.41, 5.74) is 0.694. The molecule has 1 fully saturated rings. The second-order valence-electron chi connectivity index (χ2n) is 9.34.